The Bertz CT molecular complexity index is 1070. The number of halogens is 2. The number of ketones is 1. The first-order valence-electron chi connectivity index (χ1n) is 9.15. The van der Waals surface area contributed by atoms with Crippen LogP contribution in [-0.2, 0) is 14.8 Å². The van der Waals surface area contributed by atoms with Crippen molar-refractivity contribution in [2.45, 2.75) is 16.7 Å². The van der Waals surface area contributed by atoms with E-state index in [1.807, 2.05) is 0 Å². The molecule has 1 heterocycles. The Hall–Kier alpha value is -1.94. The summed E-state index contributed by atoms with van der Waals surface area (Å²) in [7, 11) is -3.68. The molecule has 0 N–H and O–H groups in total. The van der Waals surface area contributed by atoms with Gasteiger partial charge in [0.15, 0.2) is 5.78 Å². The van der Waals surface area contributed by atoms with Gasteiger partial charge in [0.05, 0.1) is 10.6 Å². The summed E-state index contributed by atoms with van der Waals surface area (Å²) in [6, 6.07) is 10.2. The molecule has 1 amide bonds. The van der Waals surface area contributed by atoms with Crippen LogP contribution in [0, 0.1) is 5.82 Å². The Morgan fingerprint density at radius 2 is 1.80 bits per heavy atom. The molecule has 0 atom stereocenters. The number of Topliss-reactive ketones (excluding diaryl/α,β-unsaturated/α-hetero) is 1. The minimum Gasteiger partial charge on any atom is -0.339 e. The first kappa shape index (κ1) is 22.7. The lowest BCUT2D eigenvalue weighted by molar-refractivity contribution is -0.129. The van der Waals surface area contributed by atoms with Crippen LogP contribution >= 0.6 is 23.4 Å². The third-order valence-electron chi connectivity index (χ3n) is 4.71. The number of piperazine rings is 1. The van der Waals surface area contributed by atoms with Crippen molar-refractivity contribution in [2.24, 2.45) is 0 Å². The van der Waals surface area contributed by atoms with Crippen LogP contribution in [0.3, 0.4) is 0 Å². The van der Waals surface area contributed by atoms with Gasteiger partial charge < -0.3 is 4.90 Å². The van der Waals surface area contributed by atoms with Gasteiger partial charge in [0, 0.05) is 41.7 Å². The summed E-state index contributed by atoms with van der Waals surface area (Å²) < 4.78 is 40.9. The van der Waals surface area contributed by atoms with Gasteiger partial charge >= 0.3 is 0 Å². The zero-order valence-corrected chi connectivity index (χ0v) is 18.6. The zero-order valence-electron chi connectivity index (χ0n) is 16.2. The van der Waals surface area contributed by atoms with E-state index in [-0.39, 0.29) is 59.0 Å². The minimum atomic E-state index is -3.68. The van der Waals surface area contributed by atoms with E-state index >= 15 is 0 Å². The van der Waals surface area contributed by atoms with Gasteiger partial charge in [-0.05, 0) is 37.3 Å². The van der Waals surface area contributed by atoms with Gasteiger partial charge in [-0.15, -0.1) is 11.8 Å². The Balaban J connectivity index is 1.56. The number of nitrogens with zero attached hydrogens (tertiary/aromatic N) is 2. The third kappa shape index (κ3) is 5.21. The molecule has 1 aliphatic heterocycles. The van der Waals surface area contributed by atoms with E-state index in [0.717, 1.165) is 17.8 Å². The second-order valence-corrected chi connectivity index (χ2v) is 10.1. The van der Waals surface area contributed by atoms with Crippen LogP contribution in [0.25, 0.3) is 0 Å². The molecule has 160 valence electrons. The number of benzene rings is 2. The van der Waals surface area contributed by atoms with Gasteiger partial charge in [-0.3, -0.25) is 9.59 Å². The maximum atomic E-state index is 14.1. The molecule has 2 aromatic rings. The summed E-state index contributed by atoms with van der Waals surface area (Å²) in [5, 5.41) is 0.338. The van der Waals surface area contributed by atoms with Crippen LogP contribution in [0.2, 0.25) is 5.02 Å². The monoisotopic (exact) mass is 470 g/mol. The number of sulfonamides is 1. The van der Waals surface area contributed by atoms with Crippen molar-refractivity contribution in [3.05, 3.63) is 58.9 Å². The molecule has 0 unspecified atom stereocenters. The van der Waals surface area contributed by atoms with Gasteiger partial charge in [0.1, 0.15) is 5.82 Å². The van der Waals surface area contributed by atoms with Crippen molar-refractivity contribution in [3.63, 3.8) is 0 Å². The number of hydrogen-bond donors (Lipinski definition) is 0. The van der Waals surface area contributed by atoms with E-state index < -0.39 is 15.8 Å². The molecule has 0 aliphatic carbocycles. The third-order valence-corrected chi connectivity index (χ3v) is 7.88. The highest BCUT2D eigenvalue weighted by molar-refractivity contribution is 8.00. The van der Waals surface area contributed by atoms with Gasteiger partial charge in [-0.1, -0.05) is 23.7 Å². The first-order chi connectivity index (χ1) is 14.2. The summed E-state index contributed by atoms with van der Waals surface area (Å²) in [5.74, 6) is -0.947. The maximum Gasteiger partial charge on any atom is 0.243 e. The molecule has 30 heavy (non-hydrogen) atoms. The number of amides is 1. The van der Waals surface area contributed by atoms with E-state index in [0.29, 0.717) is 5.02 Å². The lowest BCUT2D eigenvalue weighted by Gasteiger charge is -2.34. The fourth-order valence-corrected chi connectivity index (χ4v) is 5.57. The minimum absolute atomic E-state index is 0.0252. The number of hydrogen-bond acceptors (Lipinski definition) is 5. The maximum absolute atomic E-state index is 14.1. The fraction of sp³-hybridized carbons (Fsp3) is 0.300. The van der Waals surface area contributed by atoms with Crippen LogP contribution in [0.1, 0.15) is 17.3 Å². The number of thioether (sulfide) groups is 1. The Labute approximate surface area is 184 Å². The quantitative estimate of drug-likeness (QED) is 0.478. The van der Waals surface area contributed by atoms with Gasteiger partial charge in [0.2, 0.25) is 15.9 Å². The predicted octanol–water partition coefficient (Wildman–Crippen LogP) is 3.31. The van der Waals surface area contributed by atoms with Crippen LogP contribution < -0.4 is 0 Å². The standard InChI is InChI=1S/C20H20ClFN2O4S2/c1-14(25)15-5-6-19(18(22)11-15)29-13-20(26)23-7-9-24(10-8-23)30(27,28)17-4-2-3-16(21)12-17/h2-6,11-12H,7-10,13H2,1H3. The average Bonchev–Trinajstić information content (AvgIpc) is 2.72. The molecule has 6 nitrogen and oxygen atoms in total. The molecule has 0 radical (unpaired) electrons. The smallest absolute Gasteiger partial charge is 0.243 e. The summed E-state index contributed by atoms with van der Waals surface area (Å²) >= 11 is 6.94. The first-order valence-corrected chi connectivity index (χ1v) is 12.0. The van der Waals surface area contributed by atoms with Crippen molar-refractivity contribution >= 4 is 45.1 Å². The van der Waals surface area contributed by atoms with Gasteiger partial charge in [-0.2, -0.15) is 4.31 Å². The molecule has 1 aliphatic rings. The number of carbonyl (C=O) groups is 2. The lowest BCUT2D eigenvalue weighted by atomic mass is 10.1. The molecule has 1 fully saturated rings. The van der Waals surface area contributed by atoms with E-state index in [1.165, 1.54) is 35.5 Å². The number of carbonyl (C=O) groups excluding carboxylic acids is 2. The summed E-state index contributed by atoms with van der Waals surface area (Å²) in [6.07, 6.45) is 0. The Morgan fingerprint density at radius 3 is 2.40 bits per heavy atom. The largest absolute Gasteiger partial charge is 0.339 e. The highest BCUT2D eigenvalue weighted by atomic mass is 35.5. The van der Waals surface area contributed by atoms with E-state index in [1.54, 1.807) is 17.0 Å². The molecular formula is C20H20ClFN2O4S2. The van der Waals surface area contributed by atoms with Crippen LogP contribution in [-0.4, -0.2) is 61.2 Å². The Morgan fingerprint density at radius 1 is 1.10 bits per heavy atom. The van der Waals surface area contributed by atoms with Crippen molar-refractivity contribution in [3.8, 4) is 0 Å². The zero-order chi connectivity index (χ0) is 21.9. The van der Waals surface area contributed by atoms with Crippen molar-refractivity contribution in [1.29, 1.82) is 0 Å². The molecule has 0 saturated carbocycles. The fourth-order valence-electron chi connectivity index (χ4n) is 3.02. The lowest BCUT2D eigenvalue weighted by Crippen LogP contribution is -2.50. The molecule has 1 saturated heterocycles. The second-order valence-electron chi connectivity index (χ2n) is 6.73. The molecule has 0 bridgehead atoms. The average molecular weight is 471 g/mol. The predicted molar refractivity (Wildman–Crippen MR) is 114 cm³/mol. The number of rotatable bonds is 6. The summed E-state index contributed by atoms with van der Waals surface area (Å²) in [6.45, 7) is 2.22. The SMILES string of the molecule is CC(=O)c1ccc(SCC(=O)N2CCN(S(=O)(=O)c3cccc(Cl)c3)CC2)c(F)c1. The van der Waals surface area contributed by atoms with Gasteiger partial charge in [0.25, 0.3) is 0 Å². The highest BCUT2D eigenvalue weighted by Gasteiger charge is 2.30. The molecule has 2 aromatic carbocycles. The second kappa shape index (κ2) is 9.47. The molecular weight excluding hydrogens is 451 g/mol. The van der Waals surface area contributed by atoms with E-state index in [4.69, 9.17) is 11.6 Å². The van der Waals surface area contributed by atoms with Crippen molar-refractivity contribution < 1.29 is 22.4 Å². The highest BCUT2D eigenvalue weighted by Crippen LogP contribution is 2.24. The molecule has 10 heteroatoms. The Kier molecular flexibility index (Phi) is 7.18. The van der Waals surface area contributed by atoms with Crippen molar-refractivity contribution in [2.75, 3.05) is 31.9 Å². The van der Waals surface area contributed by atoms with Crippen LogP contribution in [0.5, 0.6) is 0 Å². The topological polar surface area (TPSA) is 74.8 Å². The van der Waals surface area contributed by atoms with Crippen LogP contribution in [0.4, 0.5) is 4.39 Å². The van der Waals surface area contributed by atoms with Crippen LogP contribution in [0.15, 0.2) is 52.3 Å². The summed E-state index contributed by atoms with van der Waals surface area (Å²) in [5.41, 5.74) is 0.278. The van der Waals surface area contributed by atoms with Gasteiger partial charge in [-0.25, -0.2) is 12.8 Å². The molecule has 0 spiro atoms. The van der Waals surface area contributed by atoms with Crippen molar-refractivity contribution in [1.82, 2.24) is 9.21 Å². The summed E-state index contributed by atoms with van der Waals surface area (Å²) in [4.78, 5) is 25.7. The van der Waals surface area contributed by atoms with E-state index in [9.17, 15) is 22.4 Å². The normalized spacial score (nSPS) is 15.2. The molecule has 3 rings (SSSR count). The van der Waals surface area contributed by atoms with E-state index in [2.05, 4.69) is 0 Å². The molecule has 0 aromatic heterocycles.